The molecule has 0 aliphatic carbocycles. The molecule has 0 saturated carbocycles. The van der Waals surface area contributed by atoms with Gasteiger partial charge in [-0.1, -0.05) is 24.3 Å². The first-order chi connectivity index (χ1) is 15.1. The van der Waals surface area contributed by atoms with Crippen LogP contribution in [0.5, 0.6) is 0 Å². The minimum Gasteiger partial charge on any atom is -0.444 e. The van der Waals surface area contributed by atoms with E-state index < -0.39 is 22.7 Å². The summed E-state index contributed by atoms with van der Waals surface area (Å²) in [6.07, 6.45) is 1.48. The van der Waals surface area contributed by atoms with E-state index in [2.05, 4.69) is 11.9 Å². The summed E-state index contributed by atoms with van der Waals surface area (Å²) < 4.78 is 5.39. The number of nitrogens with zero attached hydrogens (tertiary/aromatic N) is 2. The molecule has 8 nitrogen and oxygen atoms in total. The molecule has 166 valence electrons. The van der Waals surface area contributed by atoms with Crippen LogP contribution in [0, 0.1) is 10.1 Å². The van der Waals surface area contributed by atoms with E-state index in [1.807, 2.05) is 24.3 Å². The maximum Gasteiger partial charge on any atom is 0.408 e. The zero-order valence-corrected chi connectivity index (χ0v) is 18.3. The van der Waals surface area contributed by atoms with Gasteiger partial charge in [-0.15, -0.1) is 6.58 Å². The number of aromatic nitrogens is 1. The lowest BCUT2D eigenvalue weighted by molar-refractivity contribution is -0.384. The van der Waals surface area contributed by atoms with Gasteiger partial charge < -0.3 is 15.8 Å². The zero-order valence-electron chi connectivity index (χ0n) is 18.3. The topological polar surface area (TPSA) is 120 Å². The first-order valence-electron chi connectivity index (χ1n) is 10.1. The number of carbonyl (C=O) groups excluding carboxylic acids is 1. The number of carbonyl (C=O) groups is 1. The smallest absolute Gasteiger partial charge is 0.408 e. The molecule has 0 fully saturated rings. The first kappa shape index (κ1) is 22.7. The third kappa shape index (κ3) is 5.21. The van der Waals surface area contributed by atoms with Gasteiger partial charge in [0, 0.05) is 17.1 Å². The molecule has 1 amide bonds. The van der Waals surface area contributed by atoms with E-state index in [4.69, 9.17) is 15.5 Å². The molecule has 0 aliphatic rings. The Balaban J connectivity index is 2.17. The van der Waals surface area contributed by atoms with Crippen molar-refractivity contribution in [2.45, 2.75) is 38.8 Å². The van der Waals surface area contributed by atoms with E-state index in [1.54, 1.807) is 45.0 Å². The molecule has 0 spiro atoms. The number of nitro benzene ring substituents is 1. The number of para-hydroxylation sites is 1. The molecule has 0 saturated heterocycles. The average Bonchev–Trinajstić information content (AvgIpc) is 2.71. The minimum absolute atomic E-state index is 0.104. The Bertz CT molecular complexity index is 1180. The lowest BCUT2D eigenvalue weighted by Gasteiger charge is -2.23. The molecule has 2 aromatic carbocycles. The molecule has 3 rings (SSSR count). The fourth-order valence-electron chi connectivity index (χ4n) is 3.39. The van der Waals surface area contributed by atoms with Crippen LogP contribution in [0.25, 0.3) is 22.0 Å². The number of anilines is 1. The number of amides is 1. The highest BCUT2D eigenvalue weighted by Gasteiger charge is 2.24. The van der Waals surface area contributed by atoms with Crippen molar-refractivity contribution in [3.8, 4) is 11.1 Å². The fraction of sp³-hybridized carbons (Fsp3) is 0.250. The van der Waals surface area contributed by atoms with Crippen LogP contribution in [-0.2, 0) is 4.74 Å². The minimum atomic E-state index is -0.657. The van der Waals surface area contributed by atoms with Crippen molar-refractivity contribution in [1.82, 2.24) is 10.3 Å². The third-order valence-electron chi connectivity index (χ3n) is 4.70. The Morgan fingerprint density at radius 1 is 1.25 bits per heavy atom. The van der Waals surface area contributed by atoms with E-state index in [0.29, 0.717) is 34.4 Å². The Morgan fingerprint density at radius 3 is 2.62 bits per heavy atom. The highest BCUT2D eigenvalue weighted by Crippen LogP contribution is 2.37. The van der Waals surface area contributed by atoms with Crippen LogP contribution in [0.15, 0.2) is 61.2 Å². The maximum atomic E-state index is 12.4. The average molecular weight is 434 g/mol. The highest BCUT2D eigenvalue weighted by molar-refractivity contribution is 5.97. The molecular weight excluding hydrogens is 408 g/mol. The van der Waals surface area contributed by atoms with Gasteiger partial charge in [0.2, 0.25) is 0 Å². The third-order valence-corrected chi connectivity index (χ3v) is 4.70. The van der Waals surface area contributed by atoms with Gasteiger partial charge >= 0.3 is 6.09 Å². The zero-order chi connectivity index (χ0) is 23.5. The van der Waals surface area contributed by atoms with E-state index in [9.17, 15) is 14.9 Å². The van der Waals surface area contributed by atoms with Gasteiger partial charge in [0.05, 0.1) is 27.7 Å². The highest BCUT2D eigenvalue weighted by atomic mass is 16.6. The van der Waals surface area contributed by atoms with Gasteiger partial charge in [0.1, 0.15) is 5.60 Å². The maximum absolute atomic E-state index is 12.4. The number of pyridine rings is 1. The number of alkyl carbamates (subject to hydrolysis) is 1. The van der Waals surface area contributed by atoms with Gasteiger partial charge in [-0.3, -0.25) is 15.1 Å². The number of nitrogen functional groups attached to an aromatic ring is 1. The van der Waals surface area contributed by atoms with Gasteiger partial charge in [-0.25, -0.2) is 4.79 Å². The molecule has 1 atom stereocenters. The number of ether oxygens (including phenoxy) is 1. The Morgan fingerprint density at radius 2 is 1.97 bits per heavy atom. The van der Waals surface area contributed by atoms with Gasteiger partial charge in [0.15, 0.2) is 0 Å². The van der Waals surface area contributed by atoms with E-state index in [0.717, 1.165) is 5.39 Å². The number of nitrogens with one attached hydrogen (secondary N) is 1. The Hall–Kier alpha value is -3.94. The second-order valence-electron chi connectivity index (χ2n) is 8.37. The molecule has 0 aliphatic heterocycles. The number of benzene rings is 2. The van der Waals surface area contributed by atoms with Crippen LogP contribution in [0.4, 0.5) is 16.2 Å². The number of nitro groups is 1. The predicted molar refractivity (Wildman–Crippen MR) is 125 cm³/mol. The molecule has 3 N–H and O–H groups in total. The fourth-order valence-corrected chi connectivity index (χ4v) is 3.39. The van der Waals surface area contributed by atoms with Crippen LogP contribution in [0.2, 0.25) is 0 Å². The van der Waals surface area contributed by atoms with Crippen LogP contribution < -0.4 is 11.1 Å². The van der Waals surface area contributed by atoms with Gasteiger partial charge in [-0.2, -0.15) is 0 Å². The van der Waals surface area contributed by atoms with Crippen molar-refractivity contribution in [1.29, 1.82) is 0 Å². The number of nitrogens with two attached hydrogens (primary N) is 1. The summed E-state index contributed by atoms with van der Waals surface area (Å²) >= 11 is 0. The van der Waals surface area contributed by atoms with E-state index in [1.165, 1.54) is 6.07 Å². The second-order valence-corrected chi connectivity index (χ2v) is 8.37. The summed E-state index contributed by atoms with van der Waals surface area (Å²) in [7, 11) is 0. The largest absolute Gasteiger partial charge is 0.444 e. The molecule has 1 aromatic heterocycles. The molecule has 3 aromatic rings. The Labute approximate surface area is 186 Å². The summed E-state index contributed by atoms with van der Waals surface area (Å²) in [5, 5.41) is 15.3. The predicted octanol–water partition coefficient (Wildman–Crippen LogP) is 5.53. The summed E-state index contributed by atoms with van der Waals surface area (Å²) in [5.74, 6) is 0. The lowest BCUT2D eigenvalue weighted by atomic mass is 9.96. The van der Waals surface area contributed by atoms with Gasteiger partial charge in [0.25, 0.3) is 5.69 Å². The molecular formula is C24H26N4O4. The van der Waals surface area contributed by atoms with E-state index in [-0.39, 0.29) is 5.69 Å². The molecule has 0 bridgehead atoms. The second kappa shape index (κ2) is 9.05. The number of fused-ring (bicyclic) bond motifs is 1. The standard InChI is InChI=1S/C24H26N4O4/c1-5-8-20(27-23(29)32-24(2,3)4)21-14-18(16-9-6-7-10-19(16)26-21)17-12-11-15(25)13-22(17)28(30)31/h5-7,9-14,20H,1,8,25H2,2-4H3,(H,27,29)/t20-/m0/s1. The number of hydrogen-bond donors (Lipinski definition) is 2. The van der Waals surface area contributed by atoms with Crippen molar-refractivity contribution in [2.75, 3.05) is 5.73 Å². The quantitative estimate of drug-likeness (QED) is 0.228. The molecule has 0 unspecified atom stereocenters. The molecule has 8 heteroatoms. The van der Waals surface area contributed by atoms with Crippen molar-refractivity contribution in [3.05, 3.63) is 77.0 Å². The normalized spacial score (nSPS) is 12.2. The molecule has 32 heavy (non-hydrogen) atoms. The number of hydrogen-bond acceptors (Lipinski definition) is 6. The van der Waals surface area contributed by atoms with E-state index >= 15 is 0 Å². The monoisotopic (exact) mass is 434 g/mol. The summed E-state index contributed by atoms with van der Waals surface area (Å²) in [4.78, 5) is 28.4. The summed E-state index contributed by atoms with van der Waals surface area (Å²) in [6, 6.07) is 13.2. The van der Waals surface area contributed by atoms with Crippen LogP contribution >= 0.6 is 0 Å². The van der Waals surface area contributed by atoms with Gasteiger partial charge in [-0.05, 0) is 57.0 Å². The van der Waals surface area contributed by atoms with Crippen LogP contribution in [0.3, 0.4) is 0 Å². The van der Waals surface area contributed by atoms with Crippen LogP contribution in [-0.4, -0.2) is 21.6 Å². The van der Waals surface area contributed by atoms with Crippen molar-refractivity contribution >= 4 is 28.4 Å². The molecule has 1 heterocycles. The van der Waals surface area contributed by atoms with Crippen molar-refractivity contribution < 1.29 is 14.5 Å². The first-order valence-corrected chi connectivity index (χ1v) is 10.1. The van der Waals surface area contributed by atoms with Crippen molar-refractivity contribution in [2.24, 2.45) is 0 Å². The van der Waals surface area contributed by atoms with Crippen molar-refractivity contribution in [3.63, 3.8) is 0 Å². The number of rotatable bonds is 6. The molecule has 0 radical (unpaired) electrons. The van der Waals surface area contributed by atoms with Crippen LogP contribution in [0.1, 0.15) is 38.9 Å². The Kier molecular flexibility index (Phi) is 6.43. The SMILES string of the molecule is C=CC[C@H](NC(=O)OC(C)(C)C)c1cc(-c2ccc(N)cc2[N+](=O)[O-])c2ccccc2n1. The lowest BCUT2D eigenvalue weighted by Crippen LogP contribution is -2.35. The summed E-state index contributed by atoms with van der Waals surface area (Å²) in [6.45, 7) is 9.11. The summed E-state index contributed by atoms with van der Waals surface area (Å²) in [5.41, 5.74) is 7.55.